The molecule has 0 spiro atoms. The summed E-state index contributed by atoms with van der Waals surface area (Å²) in [5, 5.41) is 11.0. The van der Waals surface area contributed by atoms with Gasteiger partial charge < -0.3 is 25.1 Å². The molecule has 1 aliphatic heterocycles. The van der Waals surface area contributed by atoms with E-state index in [1.54, 1.807) is 31.2 Å². The number of amides is 1. The molecule has 4 aromatic rings. The number of nitrogens with zero attached hydrogens (tertiary/aromatic N) is 6. The van der Waals surface area contributed by atoms with Crippen molar-refractivity contribution in [1.82, 2.24) is 34.5 Å². The van der Waals surface area contributed by atoms with E-state index in [4.69, 9.17) is 9.47 Å². The summed E-state index contributed by atoms with van der Waals surface area (Å²) >= 11 is 0. The number of aryl methyl sites for hydroxylation is 1. The molecule has 0 saturated carbocycles. The third-order valence-corrected chi connectivity index (χ3v) is 7.15. The van der Waals surface area contributed by atoms with Crippen LogP contribution in [0.3, 0.4) is 0 Å². The van der Waals surface area contributed by atoms with Gasteiger partial charge in [0.25, 0.3) is 5.88 Å². The number of aromatic amines is 1. The van der Waals surface area contributed by atoms with Crippen LogP contribution in [0.2, 0.25) is 0 Å². The van der Waals surface area contributed by atoms with Crippen LogP contribution < -0.4 is 15.4 Å². The van der Waals surface area contributed by atoms with E-state index in [2.05, 4.69) is 40.5 Å². The topological polar surface area (TPSA) is 125 Å². The number of carbonyl (C=O) groups excluding carboxylic acids is 1. The zero-order valence-corrected chi connectivity index (χ0v) is 23.1. The van der Waals surface area contributed by atoms with E-state index < -0.39 is 5.82 Å². The maximum atomic E-state index is 15.0. The summed E-state index contributed by atoms with van der Waals surface area (Å²) in [7, 11) is 4.98. The number of benzene rings is 1. The van der Waals surface area contributed by atoms with Crippen molar-refractivity contribution < 1.29 is 18.7 Å². The number of nitrogens with one attached hydrogen (secondary N) is 3. The van der Waals surface area contributed by atoms with Crippen molar-refractivity contribution in [3.8, 4) is 17.1 Å². The van der Waals surface area contributed by atoms with Crippen LogP contribution in [-0.4, -0.2) is 100 Å². The van der Waals surface area contributed by atoms with Crippen molar-refractivity contribution >= 4 is 34.1 Å². The standard InChI is InChI=1S/C27H34FN9O3/c1-17(37-10-8-36(9-11-37)12-13-39-3)25(38)31-21-7-5-6-18-19(14-29-24(18)21)23-20(28)15-30-27(33-23)32-22-16-35(2)34-26(22)40-4/h5-7,14-17,29H,8-13H2,1-4H3,(H,31,38)(H,30,32,33). The lowest BCUT2D eigenvalue weighted by Gasteiger charge is -2.37. The Kier molecular flexibility index (Phi) is 8.24. The summed E-state index contributed by atoms with van der Waals surface area (Å²) in [6, 6.07) is 5.21. The van der Waals surface area contributed by atoms with Crippen LogP contribution in [0.25, 0.3) is 22.2 Å². The van der Waals surface area contributed by atoms with E-state index in [1.165, 1.54) is 7.11 Å². The lowest BCUT2D eigenvalue weighted by atomic mass is 10.1. The van der Waals surface area contributed by atoms with Gasteiger partial charge in [0.1, 0.15) is 11.4 Å². The van der Waals surface area contributed by atoms with E-state index in [0.717, 1.165) is 44.3 Å². The first-order valence-corrected chi connectivity index (χ1v) is 13.1. The molecule has 0 radical (unpaired) electrons. The van der Waals surface area contributed by atoms with Gasteiger partial charge in [-0.15, -0.1) is 5.10 Å². The number of ether oxygens (including phenoxy) is 2. The van der Waals surface area contributed by atoms with Gasteiger partial charge in [0.15, 0.2) is 5.82 Å². The number of piperazine rings is 1. The number of carbonyl (C=O) groups is 1. The number of fused-ring (bicyclic) bond motifs is 1. The molecule has 40 heavy (non-hydrogen) atoms. The van der Waals surface area contributed by atoms with Crippen LogP contribution in [0.1, 0.15) is 6.92 Å². The quantitative estimate of drug-likeness (QED) is 0.273. The average molecular weight is 552 g/mol. The van der Waals surface area contributed by atoms with E-state index in [-0.39, 0.29) is 23.6 Å². The van der Waals surface area contributed by atoms with Crippen molar-refractivity contribution in [1.29, 1.82) is 0 Å². The smallest absolute Gasteiger partial charge is 0.256 e. The van der Waals surface area contributed by atoms with Gasteiger partial charge in [-0.1, -0.05) is 12.1 Å². The Morgan fingerprint density at radius 3 is 2.75 bits per heavy atom. The predicted octanol–water partition coefficient (Wildman–Crippen LogP) is 2.84. The van der Waals surface area contributed by atoms with Crippen LogP contribution in [0.4, 0.5) is 21.7 Å². The van der Waals surface area contributed by atoms with Crippen molar-refractivity contribution in [3.05, 3.63) is 42.6 Å². The Morgan fingerprint density at radius 1 is 1.20 bits per heavy atom. The second kappa shape index (κ2) is 12.0. The van der Waals surface area contributed by atoms with E-state index in [1.807, 2.05) is 25.1 Å². The lowest BCUT2D eigenvalue weighted by Crippen LogP contribution is -2.53. The summed E-state index contributed by atoms with van der Waals surface area (Å²) in [6.45, 7) is 6.92. The third-order valence-electron chi connectivity index (χ3n) is 7.15. The number of rotatable bonds is 10. The van der Waals surface area contributed by atoms with Crippen LogP contribution in [-0.2, 0) is 16.6 Å². The van der Waals surface area contributed by atoms with Gasteiger partial charge in [-0.05, 0) is 13.0 Å². The van der Waals surface area contributed by atoms with Gasteiger partial charge in [0.05, 0.1) is 43.4 Å². The minimum absolute atomic E-state index is 0.0980. The lowest BCUT2D eigenvalue weighted by molar-refractivity contribution is -0.121. The molecule has 1 saturated heterocycles. The molecule has 1 amide bonds. The second-order valence-electron chi connectivity index (χ2n) is 9.71. The first-order chi connectivity index (χ1) is 19.4. The van der Waals surface area contributed by atoms with Gasteiger partial charge in [-0.3, -0.25) is 19.3 Å². The number of halogens is 1. The molecule has 0 aliphatic carbocycles. The Labute approximate surface area is 231 Å². The Hall–Kier alpha value is -4.07. The fraction of sp³-hybridized carbons (Fsp3) is 0.407. The molecule has 3 N–H and O–H groups in total. The van der Waals surface area contributed by atoms with Crippen LogP contribution in [0, 0.1) is 5.82 Å². The minimum Gasteiger partial charge on any atom is -0.478 e. The van der Waals surface area contributed by atoms with E-state index in [0.29, 0.717) is 34.9 Å². The highest BCUT2D eigenvalue weighted by Gasteiger charge is 2.26. The average Bonchev–Trinajstić information content (AvgIpc) is 3.56. The number of hydrogen-bond acceptors (Lipinski definition) is 9. The maximum Gasteiger partial charge on any atom is 0.256 e. The Balaban J connectivity index is 1.33. The molecule has 1 aliphatic rings. The van der Waals surface area contributed by atoms with Crippen molar-refractivity contribution in [2.75, 3.05) is 64.2 Å². The second-order valence-corrected chi connectivity index (χ2v) is 9.71. The third kappa shape index (κ3) is 5.76. The summed E-state index contributed by atoms with van der Waals surface area (Å²) in [5.74, 6) is -0.110. The number of anilines is 3. The fourth-order valence-electron chi connectivity index (χ4n) is 4.89. The van der Waals surface area contributed by atoms with Gasteiger partial charge in [0.2, 0.25) is 11.9 Å². The maximum absolute atomic E-state index is 15.0. The molecule has 3 aromatic heterocycles. The fourth-order valence-corrected chi connectivity index (χ4v) is 4.89. The SMILES string of the molecule is COCCN1CCN(C(C)C(=O)Nc2cccc3c(-c4nc(Nc5cn(C)nc5OC)ncc4F)c[nH]c23)CC1. The predicted molar refractivity (Wildman–Crippen MR) is 150 cm³/mol. The summed E-state index contributed by atoms with van der Waals surface area (Å²) < 4.78 is 27.0. The van der Waals surface area contributed by atoms with Gasteiger partial charge >= 0.3 is 0 Å². The van der Waals surface area contributed by atoms with Crippen molar-refractivity contribution in [2.24, 2.45) is 7.05 Å². The van der Waals surface area contributed by atoms with Gasteiger partial charge in [-0.25, -0.2) is 14.4 Å². The molecule has 12 nitrogen and oxygen atoms in total. The molecule has 1 atom stereocenters. The Bertz CT molecular complexity index is 1480. The molecule has 13 heteroatoms. The Morgan fingerprint density at radius 2 is 2.00 bits per heavy atom. The van der Waals surface area contributed by atoms with Crippen LogP contribution in [0.5, 0.6) is 5.88 Å². The molecular weight excluding hydrogens is 517 g/mol. The van der Waals surface area contributed by atoms with E-state index >= 15 is 0 Å². The molecule has 5 rings (SSSR count). The summed E-state index contributed by atoms with van der Waals surface area (Å²) in [4.78, 5) is 29.4. The first kappa shape index (κ1) is 27.5. The number of aromatic nitrogens is 5. The normalized spacial score (nSPS) is 15.3. The molecule has 1 unspecified atom stereocenters. The molecule has 1 aromatic carbocycles. The number of hydrogen-bond donors (Lipinski definition) is 3. The minimum atomic E-state index is -0.572. The molecule has 0 bridgehead atoms. The molecule has 4 heterocycles. The molecule has 212 valence electrons. The monoisotopic (exact) mass is 551 g/mol. The summed E-state index contributed by atoms with van der Waals surface area (Å²) in [5.41, 5.74) is 2.52. The van der Waals surface area contributed by atoms with Crippen molar-refractivity contribution in [3.63, 3.8) is 0 Å². The van der Waals surface area contributed by atoms with Gasteiger partial charge in [0, 0.05) is 64.0 Å². The van der Waals surface area contributed by atoms with Gasteiger partial charge in [-0.2, -0.15) is 0 Å². The molecule has 1 fully saturated rings. The van der Waals surface area contributed by atoms with Crippen molar-refractivity contribution in [2.45, 2.75) is 13.0 Å². The number of para-hydroxylation sites is 1. The zero-order chi connectivity index (χ0) is 28.2. The summed E-state index contributed by atoms with van der Waals surface area (Å²) in [6.07, 6.45) is 4.52. The van der Waals surface area contributed by atoms with E-state index in [9.17, 15) is 9.18 Å². The van der Waals surface area contributed by atoms with Crippen LogP contribution >= 0.6 is 0 Å². The number of methoxy groups -OCH3 is 2. The van der Waals surface area contributed by atoms with Crippen LogP contribution in [0.15, 0.2) is 36.8 Å². The highest BCUT2D eigenvalue weighted by molar-refractivity contribution is 6.06. The number of H-pyrrole nitrogens is 1. The highest BCUT2D eigenvalue weighted by Crippen LogP contribution is 2.34. The zero-order valence-electron chi connectivity index (χ0n) is 23.1. The molecular formula is C27H34FN9O3. The largest absolute Gasteiger partial charge is 0.478 e. The highest BCUT2D eigenvalue weighted by atomic mass is 19.1. The first-order valence-electron chi connectivity index (χ1n) is 13.1.